The van der Waals surface area contributed by atoms with E-state index in [9.17, 15) is 0 Å². The second-order valence-corrected chi connectivity index (χ2v) is 5.83. The van der Waals surface area contributed by atoms with Crippen molar-refractivity contribution in [3.63, 3.8) is 0 Å². The van der Waals surface area contributed by atoms with Gasteiger partial charge in [-0.2, -0.15) is 0 Å². The molecule has 0 spiro atoms. The second-order valence-electron chi connectivity index (χ2n) is 4.98. The van der Waals surface area contributed by atoms with E-state index in [1.807, 2.05) is 12.1 Å². The Balaban J connectivity index is 2.20. The number of hydrogen-bond acceptors (Lipinski definition) is 3. The van der Waals surface area contributed by atoms with Gasteiger partial charge in [-0.15, -0.1) is 0 Å². The highest BCUT2D eigenvalue weighted by Crippen LogP contribution is 2.39. The van der Waals surface area contributed by atoms with Gasteiger partial charge >= 0.3 is 0 Å². The van der Waals surface area contributed by atoms with Gasteiger partial charge < -0.3 is 15.4 Å². The normalized spacial score (nSPS) is 16.6. The fourth-order valence-electron chi connectivity index (χ4n) is 2.32. The number of nitrogens with two attached hydrogens (primary N) is 1. The maximum Gasteiger partial charge on any atom is 0.0637 e. The van der Waals surface area contributed by atoms with Crippen molar-refractivity contribution in [1.29, 1.82) is 0 Å². The summed E-state index contributed by atoms with van der Waals surface area (Å²) >= 11 is 3.62. The molecular formula is C14H21BrN2O. The number of rotatable bonds is 6. The number of benzene rings is 1. The van der Waals surface area contributed by atoms with Gasteiger partial charge in [-0.25, -0.2) is 0 Å². The van der Waals surface area contributed by atoms with Crippen LogP contribution in [0, 0.1) is 5.92 Å². The third kappa shape index (κ3) is 3.18. The first-order chi connectivity index (χ1) is 8.63. The molecule has 1 unspecified atom stereocenters. The van der Waals surface area contributed by atoms with Gasteiger partial charge in [0.15, 0.2) is 0 Å². The quantitative estimate of drug-likeness (QED) is 0.819. The molecule has 18 heavy (non-hydrogen) atoms. The first-order valence-corrected chi connectivity index (χ1v) is 7.23. The predicted octanol–water partition coefficient (Wildman–Crippen LogP) is 3.28. The molecule has 1 aromatic rings. The van der Waals surface area contributed by atoms with Crippen molar-refractivity contribution in [2.75, 3.05) is 30.9 Å². The molecule has 1 aliphatic rings. The number of nitrogen functional groups attached to an aromatic ring is 1. The number of nitrogens with zero attached hydrogens (tertiary/aromatic N) is 1. The average Bonchev–Trinajstić information content (AvgIpc) is 3.15. The number of halogens is 1. The topological polar surface area (TPSA) is 38.5 Å². The lowest BCUT2D eigenvalue weighted by molar-refractivity contribution is 0.202. The summed E-state index contributed by atoms with van der Waals surface area (Å²) in [5.41, 5.74) is 7.80. The molecule has 100 valence electrons. The molecule has 1 saturated carbocycles. The minimum Gasteiger partial charge on any atom is -0.399 e. The zero-order valence-corrected chi connectivity index (χ0v) is 12.6. The van der Waals surface area contributed by atoms with E-state index in [2.05, 4.69) is 33.8 Å². The molecule has 0 saturated heterocycles. The predicted molar refractivity (Wildman–Crippen MR) is 80.0 cm³/mol. The fraction of sp³-hybridized carbons (Fsp3) is 0.571. The maximum atomic E-state index is 5.80. The van der Waals surface area contributed by atoms with Crippen LogP contribution in [0.2, 0.25) is 0 Å². The van der Waals surface area contributed by atoms with E-state index in [4.69, 9.17) is 10.5 Å². The summed E-state index contributed by atoms with van der Waals surface area (Å²) in [7, 11) is 1.75. The van der Waals surface area contributed by atoms with Gasteiger partial charge in [0.25, 0.3) is 0 Å². The molecule has 2 N–H and O–H groups in total. The van der Waals surface area contributed by atoms with E-state index < -0.39 is 0 Å². The van der Waals surface area contributed by atoms with Crippen molar-refractivity contribution in [1.82, 2.24) is 0 Å². The number of anilines is 2. The van der Waals surface area contributed by atoms with E-state index in [0.29, 0.717) is 6.04 Å². The van der Waals surface area contributed by atoms with Crippen LogP contribution in [0.25, 0.3) is 0 Å². The van der Waals surface area contributed by atoms with Crippen LogP contribution in [0.1, 0.15) is 19.8 Å². The Labute approximate surface area is 117 Å². The van der Waals surface area contributed by atoms with Gasteiger partial charge in [0.2, 0.25) is 0 Å². The van der Waals surface area contributed by atoms with Crippen LogP contribution in [0.4, 0.5) is 11.4 Å². The lowest BCUT2D eigenvalue weighted by atomic mass is 10.1. The van der Waals surface area contributed by atoms with Crippen LogP contribution >= 0.6 is 15.9 Å². The van der Waals surface area contributed by atoms with Crippen LogP contribution in [0.3, 0.4) is 0 Å². The van der Waals surface area contributed by atoms with Crippen molar-refractivity contribution in [3.8, 4) is 0 Å². The Morgan fingerprint density at radius 3 is 2.78 bits per heavy atom. The Morgan fingerprint density at radius 2 is 2.22 bits per heavy atom. The minimum absolute atomic E-state index is 0.556. The Kier molecular flexibility index (Phi) is 4.51. The second kappa shape index (κ2) is 5.93. The Bertz CT molecular complexity index is 407. The van der Waals surface area contributed by atoms with Gasteiger partial charge in [0.05, 0.1) is 12.3 Å². The van der Waals surface area contributed by atoms with Crippen molar-refractivity contribution < 1.29 is 4.74 Å². The molecule has 0 heterocycles. The van der Waals surface area contributed by atoms with Gasteiger partial charge in [0.1, 0.15) is 0 Å². The molecule has 0 aliphatic heterocycles. The molecule has 0 bridgehead atoms. The lowest BCUT2D eigenvalue weighted by Gasteiger charge is -2.32. The summed E-state index contributed by atoms with van der Waals surface area (Å²) in [5.74, 6) is 0.825. The van der Waals surface area contributed by atoms with Crippen molar-refractivity contribution in [2.45, 2.75) is 25.8 Å². The summed E-state index contributed by atoms with van der Waals surface area (Å²) in [5, 5.41) is 0. The zero-order chi connectivity index (χ0) is 13.1. The standard InChI is InChI=1S/C14H21BrN2O/c1-10(11-3-4-11)17(7-8-18-2)14-6-5-12(16)9-13(14)15/h5-6,9-11H,3-4,7-8,16H2,1-2H3. The molecule has 1 aliphatic carbocycles. The first-order valence-electron chi connectivity index (χ1n) is 6.44. The highest BCUT2D eigenvalue weighted by molar-refractivity contribution is 9.10. The molecule has 1 fully saturated rings. The molecular weight excluding hydrogens is 292 g/mol. The molecule has 1 atom stereocenters. The highest BCUT2D eigenvalue weighted by Gasteiger charge is 2.32. The van der Waals surface area contributed by atoms with Crippen LogP contribution in [-0.2, 0) is 4.74 Å². The van der Waals surface area contributed by atoms with E-state index in [0.717, 1.165) is 29.2 Å². The summed E-state index contributed by atoms with van der Waals surface area (Å²) in [6.45, 7) is 3.96. The highest BCUT2D eigenvalue weighted by atomic mass is 79.9. The first kappa shape index (κ1) is 13.7. The molecule has 2 rings (SSSR count). The maximum absolute atomic E-state index is 5.80. The van der Waals surface area contributed by atoms with Gasteiger partial charge in [0, 0.05) is 29.9 Å². The van der Waals surface area contributed by atoms with Crippen LogP contribution < -0.4 is 10.6 Å². The van der Waals surface area contributed by atoms with Crippen LogP contribution in [0.15, 0.2) is 22.7 Å². The Morgan fingerprint density at radius 1 is 1.50 bits per heavy atom. The van der Waals surface area contributed by atoms with E-state index in [-0.39, 0.29) is 0 Å². The smallest absolute Gasteiger partial charge is 0.0637 e. The molecule has 0 amide bonds. The monoisotopic (exact) mass is 312 g/mol. The zero-order valence-electron chi connectivity index (χ0n) is 11.0. The van der Waals surface area contributed by atoms with Gasteiger partial charge in [-0.1, -0.05) is 0 Å². The van der Waals surface area contributed by atoms with Crippen LogP contribution in [0.5, 0.6) is 0 Å². The fourth-order valence-corrected chi connectivity index (χ4v) is 2.95. The number of methoxy groups -OCH3 is 1. The molecule has 0 aromatic heterocycles. The summed E-state index contributed by atoms with van der Waals surface area (Å²) in [4.78, 5) is 2.42. The number of ether oxygens (including phenoxy) is 1. The minimum atomic E-state index is 0.556. The van der Waals surface area contributed by atoms with E-state index in [1.54, 1.807) is 7.11 Å². The van der Waals surface area contributed by atoms with E-state index >= 15 is 0 Å². The molecule has 0 radical (unpaired) electrons. The van der Waals surface area contributed by atoms with Crippen molar-refractivity contribution in [2.24, 2.45) is 5.92 Å². The Hall–Kier alpha value is -0.740. The molecule has 1 aromatic carbocycles. The lowest BCUT2D eigenvalue weighted by Crippen LogP contribution is -2.37. The summed E-state index contributed by atoms with van der Waals surface area (Å²) < 4.78 is 6.29. The van der Waals surface area contributed by atoms with Gasteiger partial charge in [-0.05, 0) is 59.8 Å². The van der Waals surface area contributed by atoms with Crippen molar-refractivity contribution >= 4 is 27.3 Å². The third-order valence-electron chi connectivity index (χ3n) is 3.61. The van der Waals surface area contributed by atoms with Gasteiger partial charge in [-0.3, -0.25) is 0 Å². The SMILES string of the molecule is COCCN(c1ccc(N)cc1Br)C(C)C1CC1. The third-order valence-corrected chi connectivity index (χ3v) is 4.25. The molecule has 4 heteroatoms. The number of hydrogen-bond donors (Lipinski definition) is 1. The van der Waals surface area contributed by atoms with Crippen molar-refractivity contribution in [3.05, 3.63) is 22.7 Å². The molecule has 3 nitrogen and oxygen atoms in total. The van der Waals surface area contributed by atoms with E-state index in [1.165, 1.54) is 18.5 Å². The average molecular weight is 313 g/mol. The summed E-state index contributed by atoms with van der Waals surface area (Å²) in [6, 6.07) is 6.57. The summed E-state index contributed by atoms with van der Waals surface area (Å²) in [6.07, 6.45) is 2.69. The van der Waals surface area contributed by atoms with Crippen LogP contribution in [-0.4, -0.2) is 26.3 Å². The largest absolute Gasteiger partial charge is 0.399 e.